The van der Waals surface area contributed by atoms with E-state index in [9.17, 15) is 21.6 Å². The Labute approximate surface area is 128 Å². The van der Waals surface area contributed by atoms with Crippen LogP contribution < -0.4 is 0 Å². The number of rotatable bonds is 6. The maximum Gasteiger partial charge on any atom is 0.534 e. The Hall–Kier alpha value is -1.76. The van der Waals surface area contributed by atoms with Crippen molar-refractivity contribution in [2.45, 2.75) is 32.2 Å². The van der Waals surface area contributed by atoms with Crippen LogP contribution in [-0.2, 0) is 14.3 Å². The molecule has 22 heavy (non-hydrogen) atoms. The fraction of sp³-hybridized carbons (Fsp3) is 0.333. The quantitative estimate of drug-likeness (QED) is 0.329. The summed E-state index contributed by atoms with van der Waals surface area (Å²) < 4.78 is 63.7. The largest absolute Gasteiger partial charge is 0.534 e. The molecule has 0 radical (unpaired) electrons. The van der Waals surface area contributed by atoms with Crippen LogP contribution >= 0.6 is 0 Å². The van der Waals surface area contributed by atoms with Crippen molar-refractivity contribution in [3.8, 4) is 0 Å². The van der Waals surface area contributed by atoms with Crippen molar-refractivity contribution in [3.63, 3.8) is 0 Å². The minimum atomic E-state index is -5.64. The van der Waals surface area contributed by atoms with Gasteiger partial charge in [0.25, 0.3) is 0 Å². The minimum absolute atomic E-state index is 0.0393. The molecule has 0 heterocycles. The van der Waals surface area contributed by atoms with Crippen LogP contribution in [0.15, 0.2) is 47.7 Å². The summed E-state index contributed by atoms with van der Waals surface area (Å²) >= 11 is 0. The molecule has 0 atom stereocenters. The normalized spacial score (nSPS) is 14.0. The SMILES string of the molecule is CCC(/C=C/c1ccccc1)=C(/CC)OS(=O)(=O)C(F)(F)F. The van der Waals surface area contributed by atoms with Crippen molar-refractivity contribution in [1.82, 2.24) is 0 Å². The Kier molecular flexibility index (Phi) is 6.22. The van der Waals surface area contributed by atoms with E-state index in [1.54, 1.807) is 19.1 Å². The van der Waals surface area contributed by atoms with E-state index in [1.807, 2.05) is 30.3 Å². The van der Waals surface area contributed by atoms with Crippen molar-refractivity contribution in [3.05, 3.63) is 53.3 Å². The van der Waals surface area contributed by atoms with E-state index in [0.717, 1.165) is 5.56 Å². The minimum Gasteiger partial charge on any atom is -0.380 e. The van der Waals surface area contributed by atoms with E-state index in [-0.39, 0.29) is 12.2 Å². The van der Waals surface area contributed by atoms with Crippen LogP contribution in [0.3, 0.4) is 0 Å². The summed E-state index contributed by atoms with van der Waals surface area (Å²) in [6.07, 6.45) is 3.65. The van der Waals surface area contributed by atoms with Crippen molar-refractivity contribution in [2.75, 3.05) is 0 Å². The van der Waals surface area contributed by atoms with Crippen LogP contribution in [0.5, 0.6) is 0 Å². The molecule has 0 spiro atoms. The number of alkyl halides is 3. The van der Waals surface area contributed by atoms with Gasteiger partial charge in [-0.05, 0) is 17.6 Å². The maximum atomic E-state index is 12.4. The lowest BCUT2D eigenvalue weighted by Crippen LogP contribution is -2.25. The molecule has 1 rings (SSSR count). The fourth-order valence-corrected chi connectivity index (χ4v) is 2.27. The zero-order chi connectivity index (χ0) is 16.8. The van der Waals surface area contributed by atoms with Crippen LogP contribution in [0.2, 0.25) is 0 Å². The highest BCUT2D eigenvalue weighted by molar-refractivity contribution is 7.87. The second kappa shape index (κ2) is 7.49. The van der Waals surface area contributed by atoms with Crippen LogP contribution in [-0.4, -0.2) is 13.9 Å². The molecule has 3 nitrogen and oxygen atoms in total. The molecule has 0 amide bonds. The molecular formula is C15H17F3O3S. The van der Waals surface area contributed by atoms with Crippen LogP contribution in [0.25, 0.3) is 6.08 Å². The number of hydrogen-bond donors (Lipinski definition) is 0. The Morgan fingerprint density at radius 1 is 1.14 bits per heavy atom. The highest BCUT2D eigenvalue weighted by Gasteiger charge is 2.48. The van der Waals surface area contributed by atoms with Gasteiger partial charge in [-0.1, -0.05) is 56.3 Å². The standard InChI is InChI=1S/C15H17F3O3S/c1-3-13(11-10-12-8-6-5-7-9-12)14(4-2)21-22(19,20)15(16,17)18/h5-11H,3-4H2,1-2H3/b11-10+,14-13+. The second-order valence-corrected chi connectivity index (χ2v) is 5.92. The lowest BCUT2D eigenvalue weighted by molar-refractivity contribution is -0.0523. The smallest absolute Gasteiger partial charge is 0.380 e. The highest BCUT2D eigenvalue weighted by atomic mass is 32.2. The van der Waals surface area contributed by atoms with E-state index in [0.29, 0.717) is 12.0 Å². The van der Waals surface area contributed by atoms with Gasteiger partial charge < -0.3 is 4.18 Å². The summed E-state index contributed by atoms with van der Waals surface area (Å²) in [6, 6.07) is 9.12. The van der Waals surface area contributed by atoms with E-state index in [2.05, 4.69) is 4.18 Å². The molecule has 0 N–H and O–H groups in total. The van der Waals surface area contributed by atoms with Gasteiger partial charge in [0.05, 0.1) is 0 Å². The van der Waals surface area contributed by atoms with Crippen molar-refractivity contribution < 1.29 is 25.8 Å². The Morgan fingerprint density at radius 3 is 2.18 bits per heavy atom. The molecule has 0 aromatic heterocycles. The Morgan fingerprint density at radius 2 is 1.73 bits per heavy atom. The first-order valence-corrected chi connectivity index (χ1v) is 8.08. The molecule has 0 aliphatic heterocycles. The third-order valence-corrected chi connectivity index (χ3v) is 3.82. The molecule has 7 heteroatoms. The summed E-state index contributed by atoms with van der Waals surface area (Å²) in [7, 11) is -5.64. The van der Waals surface area contributed by atoms with Crippen LogP contribution in [0, 0.1) is 0 Å². The summed E-state index contributed by atoms with van der Waals surface area (Å²) in [6.45, 7) is 3.25. The van der Waals surface area contributed by atoms with Crippen LogP contribution in [0.1, 0.15) is 32.3 Å². The van der Waals surface area contributed by atoms with E-state index in [1.165, 1.54) is 6.92 Å². The monoisotopic (exact) mass is 334 g/mol. The maximum absolute atomic E-state index is 12.4. The molecule has 0 saturated carbocycles. The molecule has 122 valence electrons. The van der Waals surface area contributed by atoms with Gasteiger partial charge in [-0.3, -0.25) is 0 Å². The second-order valence-electron chi connectivity index (χ2n) is 4.38. The molecular weight excluding hydrogens is 317 g/mol. The average molecular weight is 334 g/mol. The van der Waals surface area contributed by atoms with E-state index in [4.69, 9.17) is 0 Å². The molecule has 0 aliphatic carbocycles. The fourth-order valence-electron chi connectivity index (χ4n) is 1.69. The lowest BCUT2D eigenvalue weighted by Gasteiger charge is -2.13. The first kappa shape index (κ1) is 18.3. The van der Waals surface area contributed by atoms with Gasteiger partial charge in [0.2, 0.25) is 0 Å². The van der Waals surface area contributed by atoms with Crippen molar-refractivity contribution in [1.29, 1.82) is 0 Å². The zero-order valence-corrected chi connectivity index (χ0v) is 13.0. The molecule has 0 saturated heterocycles. The lowest BCUT2D eigenvalue weighted by atomic mass is 10.1. The molecule has 0 bridgehead atoms. The number of halogens is 3. The van der Waals surface area contributed by atoms with Gasteiger partial charge >= 0.3 is 15.6 Å². The Bertz CT molecular complexity index is 644. The zero-order valence-electron chi connectivity index (χ0n) is 12.2. The first-order chi connectivity index (χ1) is 10.2. The third kappa shape index (κ3) is 4.91. The van der Waals surface area contributed by atoms with E-state index >= 15 is 0 Å². The number of hydrogen-bond acceptors (Lipinski definition) is 3. The number of allylic oxidation sites excluding steroid dienone is 3. The average Bonchev–Trinajstić information content (AvgIpc) is 2.46. The third-order valence-electron chi connectivity index (χ3n) is 2.83. The van der Waals surface area contributed by atoms with Crippen molar-refractivity contribution >= 4 is 16.2 Å². The van der Waals surface area contributed by atoms with Gasteiger partial charge in [-0.2, -0.15) is 21.6 Å². The van der Waals surface area contributed by atoms with Gasteiger partial charge in [0.15, 0.2) is 0 Å². The molecule has 0 unspecified atom stereocenters. The topological polar surface area (TPSA) is 43.4 Å². The first-order valence-electron chi connectivity index (χ1n) is 6.67. The van der Waals surface area contributed by atoms with Gasteiger partial charge in [0.1, 0.15) is 5.76 Å². The van der Waals surface area contributed by atoms with Crippen molar-refractivity contribution in [2.24, 2.45) is 0 Å². The predicted octanol–water partition coefficient (Wildman–Crippen LogP) is 4.64. The highest BCUT2D eigenvalue weighted by Crippen LogP contribution is 2.29. The van der Waals surface area contributed by atoms with E-state index < -0.39 is 15.6 Å². The summed E-state index contributed by atoms with van der Waals surface area (Å²) in [4.78, 5) is 0. The predicted molar refractivity (Wildman–Crippen MR) is 79.1 cm³/mol. The summed E-state index contributed by atoms with van der Waals surface area (Å²) in [5.74, 6) is -0.202. The van der Waals surface area contributed by atoms with Gasteiger partial charge in [-0.25, -0.2) is 0 Å². The molecule has 1 aromatic carbocycles. The molecule has 0 aliphatic rings. The van der Waals surface area contributed by atoms with Crippen LogP contribution in [0.4, 0.5) is 13.2 Å². The Balaban J connectivity index is 3.10. The summed E-state index contributed by atoms with van der Waals surface area (Å²) in [5.41, 5.74) is -4.18. The molecule has 0 fully saturated rings. The van der Waals surface area contributed by atoms with Gasteiger partial charge in [-0.15, -0.1) is 0 Å². The molecule has 1 aromatic rings. The number of benzene rings is 1. The van der Waals surface area contributed by atoms with Gasteiger partial charge in [0, 0.05) is 6.42 Å². The summed E-state index contributed by atoms with van der Waals surface area (Å²) in [5, 5.41) is 0.